The van der Waals surface area contributed by atoms with Crippen LogP contribution in [0.5, 0.6) is 0 Å². The first-order valence-electron chi connectivity index (χ1n) is 17.0. The van der Waals surface area contributed by atoms with Crippen molar-refractivity contribution in [2.75, 3.05) is 20.1 Å². The summed E-state index contributed by atoms with van der Waals surface area (Å²) >= 11 is 12.0. The molecule has 291 valence electrons. The summed E-state index contributed by atoms with van der Waals surface area (Å²) in [6, 6.07) is 14.5. The maximum absolute atomic E-state index is 13.3. The second-order valence-electron chi connectivity index (χ2n) is 13.2. The fraction of sp³-hybridized carbons (Fsp3) is 0.405. The predicted molar refractivity (Wildman–Crippen MR) is 206 cm³/mol. The Morgan fingerprint density at radius 1 is 1.00 bits per heavy atom. The number of likely N-dealkylation sites (N-methyl/N-ethyl adjacent to an activating group) is 1. The standard InChI is InChI=1S/C30H38Cl2N5O7S.C7H8N.Y/c1-18(2)13-26(36(3)27(38)14-19-6-8-22(33)9-7-19)28(39)34-11-10-24(30(41)42)35-29(40)25-5-4-12-37(25)45(43,44)23-16-20(31)15-21(32)17-23;1-6-4-2-3-5-7(6)8;/h6-9,15-18,24-26,33H,4-5,10-14H2,1-3H3,(H,34,39)(H,35,40)(H,41,42);2-5,8H,1H3;/q2*-1;. The molecule has 3 aromatic carbocycles. The van der Waals surface area contributed by atoms with E-state index < -0.39 is 45.9 Å². The van der Waals surface area contributed by atoms with E-state index in [1.807, 2.05) is 39.0 Å². The number of rotatable bonds is 14. The van der Waals surface area contributed by atoms with E-state index in [1.54, 1.807) is 30.3 Å². The van der Waals surface area contributed by atoms with Crippen LogP contribution in [0.1, 0.15) is 50.7 Å². The van der Waals surface area contributed by atoms with Crippen molar-refractivity contribution in [1.82, 2.24) is 19.8 Å². The van der Waals surface area contributed by atoms with Gasteiger partial charge < -0.3 is 32.1 Å². The molecule has 1 saturated heterocycles. The smallest absolute Gasteiger partial charge is 0.326 e. The second-order valence-corrected chi connectivity index (χ2v) is 16.0. The number of hydrogen-bond acceptors (Lipinski definition) is 6. The molecule has 17 heteroatoms. The summed E-state index contributed by atoms with van der Waals surface area (Å²) in [6.45, 7) is 5.69. The first kappa shape index (κ1) is 46.9. The molecule has 1 radical (unpaired) electrons. The number of carbonyl (C=O) groups excluding carboxylic acids is 3. The van der Waals surface area contributed by atoms with Gasteiger partial charge in [0.1, 0.15) is 18.1 Å². The van der Waals surface area contributed by atoms with Crippen molar-refractivity contribution < 1.29 is 65.4 Å². The Balaban J connectivity index is 0.000000989. The molecule has 0 saturated carbocycles. The van der Waals surface area contributed by atoms with Gasteiger partial charge in [-0.15, -0.1) is 11.4 Å². The third kappa shape index (κ3) is 13.8. The van der Waals surface area contributed by atoms with Crippen LogP contribution in [-0.4, -0.2) is 84.7 Å². The summed E-state index contributed by atoms with van der Waals surface area (Å²) in [5.74, 6) is -2.82. The Morgan fingerprint density at radius 2 is 1.61 bits per heavy atom. The van der Waals surface area contributed by atoms with Crippen molar-refractivity contribution in [3.63, 3.8) is 0 Å². The molecule has 3 aromatic rings. The molecule has 3 amide bonds. The van der Waals surface area contributed by atoms with E-state index in [1.165, 1.54) is 30.1 Å². The molecule has 54 heavy (non-hydrogen) atoms. The maximum atomic E-state index is 13.3. The first-order chi connectivity index (χ1) is 24.9. The Kier molecular flexibility index (Phi) is 18.9. The zero-order valence-corrected chi connectivity index (χ0v) is 35.8. The van der Waals surface area contributed by atoms with E-state index in [0.29, 0.717) is 29.8 Å². The summed E-state index contributed by atoms with van der Waals surface area (Å²) in [5, 5.41) is 15.1. The van der Waals surface area contributed by atoms with Crippen LogP contribution in [0.25, 0.3) is 11.5 Å². The van der Waals surface area contributed by atoms with E-state index in [2.05, 4.69) is 10.6 Å². The average molecular weight is 879 g/mol. The van der Waals surface area contributed by atoms with E-state index in [4.69, 9.17) is 34.7 Å². The van der Waals surface area contributed by atoms with Crippen LogP contribution < -0.4 is 10.6 Å². The number of sulfonamides is 1. The maximum Gasteiger partial charge on any atom is 0.326 e. The summed E-state index contributed by atoms with van der Waals surface area (Å²) < 4.78 is 27.6. The van der Waals surface area contributed by atoms with Gasteiger partial charge in [-0.1, -0.05) is 91.1 Å². The molecule has 5 N–H and O–H groups in total. The number of aliphatic carboxylic acids is 1. The van der Waals surface area contributed by atoms with Crippen LogP contribution in [0.4, 0.5) is 11.4 Å². The predicted octanol–water partition coefficient (Wildman–Crippen LogP) is 6.70. The summed E-state index contributed by atoms with van der Waals surface area (Å²) in [4.78, 5) is 52.5. The van der Waals surface area contributed by atoms with E-state index in [9.17, 15) is 32.7 Å². The molecule has 0 bridgehead atoms. The molecule has 3 unspecified atom stereocenters. The van der Waals surface area contributed by atoms with Crippen molar-refractivity contribution in [2.45, 2.75) is 75.9 Å². The normalized spacial score (nSPS) is 15.2. The molecule has 3 atom stereocenters. The van der Waals surface area contributed by atoms with Crippen molar-refractivity contribution in [3.05, 3.63) is 99.4 Å². The Labute approximate surface area is 352 Å². The second kappa shape index (κ2) is 21.7. The van der Waals surface area contributed by atoms with Gasteiger partial charge >= 0.3 is 5.97 Å². The van der Waals surface area contributed by atoms with Gasteiger partial charge in [-0.05, 0) is 62.3 Å². The van der Waals surface area contributed by atoms with Gasteiger partial charge in [0.05, 0.1) is 11.3 Å². The van der Waals surface area contributed by atoms with Crippen molar-refractivity contribution in [3.8, 4) is 0 Å². The minimum atomic E-state index is -4.16. The summed E-state index contributed by atoms with van der Waals surface area (Å²) in [5.41, 5.74) is 17.5. The molecule has 13 nitrogen and oxygen atoms in total. The Morgan fingerprint density at radius 3 is 2.15 bits per heavy atom. The quantitative estimate of drug-likeness (QED) is 0.160. The summed E-state index contributed by atoms with van der Waals surface area (Å²) in [6.07, 6.45) is 0.805. The minimum Gasteiger partial charge on any atom is -0.699 e. The number of halogens is 2. The Hall–Kier alpha value is -3.27. The van der Waals surface area contributed by atoms with E-state index in [-0.39, 0.29) is 91.8 Å². The number of carboxylic acids is 1. The van der Waals surface area contributed by atoms with Crippen LogP contribution in [0.3, 0.4) is 0 Å². The van der Waals surface area contributed by atoms with Gasteiger partial charge in [0.25, 0.3) is 0 Å². The largest absolute Gasteiger partial charge is 0.699 e. The zero-order chi connectivity index (χ0) is 39.5. The van der Waals surface area contributed by atoms with E-state index >= 15 is 0 Å². The topological polar surface area (TPSA) is 201 Å². The number of nitrogens with zero attached hydrogens (tertiary/aromatic N) is 2. The number of hydrogen-bond donors (Lipinski definition) is 3. The number of carbonyl (C=O) groups is 4. The molecule has 1 heterocycles. The van der Waals surface area contributed by atoms with E-state index in [0.717, 1.165) is 9.87 Å². The number of carboxylic acid groups (broad SMARTS) is 1. The molecule has 0 aliphatic carbocycles. The SMILES string of the molecule is CC(C)CC(C(=O)NCCC(NC(=O)C1CCCN1S(=O)(=O)c1cc(Cl)cc(Cl)c1)C(=O)O)N(C)C(=O)Cc1ccc([NH-])cc1.Cc1ccccc1[NH-].[Y]. The van der Waals surface area contributed by atoms with Crippen LogP contribution in [-0.2, 0) is 68.3 Å². The number of nitrogens with one attached hydrogen (secondary N) is 4. The molecule has 1 aliphatic rings. The van der Waals surface area contributed by atoms with Gasteiger partial charge in [-0.25, -0.2) is 13.2 Å². The molecule has 1 aliphatic heterocycles. The number of benzene rings is 3. The molecular formula is C37H46Cl2N6O7SY-2. The third-order valence-electron chi connectivity index (χ3n) is 8.61. The summed E-state index contributed by atoms with van der Waals surface area (Å²) in [7, 11) is -2.63. The van der Waals surface area contributed by atoms with Crippen LogP contribution >= 0.6 is 23.2 Å². The molecule has 0 aromatic heterocycles. The van der Waals surface area contributed by atoms with Crippen LogP contribution in [0.15, 0.2) is 71.6 Å². The van der Waals surface area contributed by atoms with Crippen molar-refractivity contribution in [2.24, 2.45) is 5.92 Å². The fourth-order valence-electron chi connectivity index (χ4n) is 5.64. The third-order valence-corrected chi connectivity index (χ3v) is 10.9. The monoisotopic (exact) mass is 877 g/mol. The molecular weight excluding hydrogens is 832 g/mol. The van der Waals surface area contributed by atoms with Gasteiger partial charge in [0, 0.05) is 62.9 Å². The number of aryl methyl sites for hydroxylation is 1. The van der Waals surface area contributed by atoms with Gasteiger partial charge in [0.2, 0.25) is 27.7 Å². The first-order valence-corrected chi connectivity index (χ1v) is 19.2. The molecule has 1 fully saturated rings. The Bertz CT molecular complexity index is 1830. The average Bonchev–Trinajstić information content (AvgIpc) is 3.60. The number of amides is 3. The van der Waals surface area contributed by atoms with Crippen LogP contribution in [0, 0.1) is 12.8 Å². The molecule has 4 rings (SSSR count). The van der Waals surface area contributed by atoms with Crippen LogP contribution in [0.2, 0.25) is 10.0 Å². The van der Waals surface area contributed by atoms with Crippen molar-refractivity contribution >= 4 is 68.3 Å². The van der Waals surface area contributed by atoms with Crippen molar-refractivity contribution in [1.29, 1.82) is 0 Å². The zero-order valence-electron chi connectivity index (χ0n) is 30.6. The van der Waals surface area contributed by atoms with Gasteiger partial charge in [-0.2, -0.15) is 4.31 Å². The fourth-order valence-corrected chi connectivity index (χ4v) is 8.03. The molecule has 0 spiro atoms. The minimum absolute atomic E-state index is 0. The van der Waals surface area contributed by atoms with Gasteiger partial charge in [0.15, 0.2) is 0 Å². The van der Waals surface area contributed by atoms with Gasteiger partial charge in [-0.3, -0.25) is 14.4 Å².